The van der Waals surface area contributed by atoms with E-state index in [1.165, 1.54) is 19.3 Å². The Morgan fingerprint density at radius 1 is 1.27 bits per heavy atom. The van der Waals surface area contributed by atoms with E-state index in [1.807, 2.05) is 38.1 Å². The van der Waals surface area contributed by atoms with Crippen LogP contribution in [0.3, 0.4) is 0 Å². The monoisotopic (exact) mass is 360 g/mol. The van der Waals surface area contributed by atoms with E-state index in [4.69, 9.17) is 4.74 Å². The van der Waals surface area contributed by atoms with Crippen molar-refractivity contribution >= 4 is 11.8 Å². The molecule has 0 spiro atoms. The first-order valence-electron chi connectivity index (χ1n) is 9.78. The molecule has 0 saturated heterocycles. The maximum atomic E-state index is 12.7. The van der Waals surface area contributed by atoms with Crippen LogP contribution in [0.1, 0.15) is 64.4 Å². The molecule has 0 aliphatic heterocycles. The van der Waals surface area contributed by atoms with E-state index < -0.39 is 6.04 Å². The molecule has 0 radical (unpaired) electrons. The molecule has 1 aliphatic carbocycles. The zero-order valence-electron chi connectivity index (χ0n) is 16.3. The Hall–Kier alpha value is -2.04. The number of nitrogens with zero attached hydrogens (tertiary/aromatic N) is 1. The van der Waals surface area contributed by atoms with Crippen molar-refractivity contribution < 1.29 is 14.3 Å². The highest BCUT2D eigenvalue weighted by Crippen LogP contribution is 2.19. The standard InChI is InChI=1S/C21H32N2O3/c1-4-9-20(24)23(15-17-10-8-13-19(14-17)26-3)16(2)21(25)22-18-11-6-5-7-12-18/h8,10,13-14,16,18H,4-7,9,11-12,15H2,1-3H3,(H,22,25)/t16-/m1/s1. The second kappa shape index (κ2) is 10.2. The van der Waals surface area contributed by atoms with Gasteiger partial charge < -0.3 is 15.0 Å². The van der Waals surface area contributed by atoms with E-state index in [9.17, 15) is 9.59 Å². The molecule has 0 aromatic heterocycles. The first-order valence-corrected chi connectivity index (χ1v) is 9.78. The number of amides is 2. The Morgan fingerprint density at radius 3 is 2.65 bits per heavy atom. The molecule has 1 N–H and O–H groups in total. The minimum atomic E-state index is -0.484. The van der Waals surface area contributed by atoms with Gasteiger partial charge in [0.1, 0.15) is 11.8 Å². The van der Waals surface area contributed by atoms with Crippen LogP contribution in [0.15, 0.2) is 24.3 Å². The third-order valence-electron chi connectivity index (χ3n) is 5.07. The van der Waals surface area contributed by atoms with Crippen LogP contribution in [-0.4, -0.2) is 35.9 Å². The minimum absolute atomic E-state index is 0.0154. The average molecular weight is 360 g/mol. The summed E-state index contributed by atoms with van der Waals surface area (Å²) in [5.74, 6) is 0.718. The lowest BCUT2D eigenvalue weighted by atomic mass is 9.95. The Balaban J connectivity index is 2.08. The van der Waals surface area contributed by atoms with E-state index in [0.29, 0.717) is 13.0 Å². The van der Waals surface area contributed by atoms with Gasteiger partial charge in [0, 0.05) is 19.0 Å². The topological polar surface area (TPSA) is 58.6 Å². The lowest BCUT2D eigenvalue weighted by Gasteiger charge is -2.31. The molecule has 5 heteroatoms. The van der Waals surface area contributed by atoms with Crippen LogP contribution >= 0.6 is 0 Å². The Labute approximate surface area is 157 Å². The normalized spacial score (nSPS) is 16.0. The van der Waals surface area contributed by atoms with Crippen LogP contribution < -0.4 is 10.1 Å². The molecule has 1 atom stereocenters. The highest BCUT2D eigenvalue weighted by molar-refractivity contribution is 5.87. The van der Waals surface area contributed by atoms with Gasteiger partial charge in [-0.2, -0.15) is 0 Å². The Bertz CT molecular complexity index is 597. The van der Waals surface area contributed by atoms with Gasteiger partial charge >= 0.3 is 0 Å². The van der Waals surface area contributed by atoms with Crippen LogP contribution in [0, 0.1) is 0 Å². The fourth-order valence-corrected chi connectivity index (χ4v) is 3.48. The van der Waals surface area contributed by atoms with Crippen LogP contribution in [0.25, 0.3) is 0 Å². The van der Waals surface area contributed by atoms with Crippen molar-refractivity contribution in [2.75, 3.05) is 7.11 Å². The van der Waals surface area contributed by atoms with E-state index in [0.717, 1.165) is 30.6 Å². The summed E-state index contributed by atoms with van der Waals surface area (Å²) in [6, 6.07) is 7.42. The van der Waals surface area contributed by atoms with Crippen molar-refractivity contribution in [2.24, 2.45) is 0 Å². The number of carbonyl (C=O) groups is 2. The largest absolute Gasteiger partial charge is 0.497 e. The zero-order valence-corrected chi connectivity index (χ0v) is 16.3. The highest BCUT2D eigenvalue weighted by Gasteiger charge is 2.27. The first-order chi connectivity index (χ1) is 12.5. The zero-order chi connectivity index (χ0) is 18.9. The molecule has 1 aliphatic rings. The SMILES string of the molecule is CCCC(=O)N(Cc1cccc(OC)c1)[C@H](C)C(=O)NC1CCCCC1. The summed E-state index contributed by atoms with van der Waals surface area (Å²) in [5, 5.41) is 3.15. The van der Waals surface area contributed by atoms with Gasteiger partial charge in [-0.1, -0.05) is 38.3 Å². The van der Waals surface area contributed by atoms with Gasteiger partial charge in [-0.3, -0.25) is 9.59 Å². The summed E-state index contributed by atoms with van der Waals surface area (Å²) in [7, 11) is 1.62. The number of hydrogen-bond acceptors (Lipinski definition) is 3. The van der Waals surface area contributed by atoms with Gasteiger partial charge in [0.15, 0.2) is 0 Å². The number of carbonyl (C=O) groups excluding carboxylic acids is 2. The van der Waals surface area contributed by atoms with Crippen molar-refractivity contribution in [1.82, 2.24) is 10.2 Å². The minimum Gasteiger partial charge on any atom is -0.497 e. The quantitative estimate of drug-likeness (QED) is 0.770. The lowest BCUT2D eigenvalue weighted by molar-refractivity contribution is -0.141. The van der Waals surface area contributed by atoms with Gasteiger partial charge in [0.05, 0.1) is 7.11 Å². The third kappa shape index (κ3) is 5.75. The fraction of sp³-hybridized carbons (Fsp3) is 0.619. The lowest BCUT2D eigenvalue weighted by Crippen LogP contribution is -2.50. The first kappa shape index (κ1) is 20.3. The van der Waals surface area contributed by atoms with Crippen molar-refractivity contribution in [3.8, 4) is 5.75 Å². The summed E-state index contributed by atoms with van der Waals surface area (Å²) >= 11 is 0. The Morgan fingerprint density at radius 2 is 2.00 bits per heavy atom. The number of benzene rings is 1. The van der Waals surface area contributed by atoms with Gasteiger partial charge in [-0.15, -0.1) is 0 Å². The van der Waals surface area contributed by atoms with Crippen LogP contribution in [0.2, 0.25) is 0 Å². The summed E-state index contributed by atoms with van der Waals surface area (Å²) in [6.07, 6.45) is 6.88. The Kier molecular flexibility index (Phi) is 7.95. The fourth-order valence-electron chi connectivity index (χ4n) is 3.48. The molecule has 0 heterocycles. The molecule has 5 nitrogen and oxygen atoms in total. The third-order valence-corrected chi connectivity index (χ3v) is 5.07. The van der Waals surface area contributed by atoms with Crippen molar-refractivity contribution in [2.45, 2.75) is 77.4 Å². The van der Waals surface area contributed by atoms with Gasteiger partial charge in [-0.25, -0.2) is 0 Å². The van der Waals surface area contributed by atoms with Crippen molar-refractivity contribution in [3.05, 3.63) is 29.8 Å². The summed E-state index contributed by atoms with van der Waals surface area (Å²) in [6.45, 7) is 4.22. The molecule has 1 fully saturated rings. The second-order valence-corrected chi connectivity index (χ2v) is 7.14. The molecule has 1 saturated carbocycles. The number of rotatable bonds is 8. The molecule has 0 bridgehead atoms. The molecule has 0 unspecified atom stereocenters. The van der Waals surface area contributed by atoms with Crippen molar-refractivity contribution in [1.29, 1.82) is 0 Å². The van der Waals surface area contributed by atoms with E-state index in [-0.39, 0.29) is 17.9 Å². The maximum absolute atomic E-state index is 12.7. The summed E-state index contributed by atoms with van der Waals surface area (Å²) in [5.41, 5.74) is 0.964. The van der Waals surface area contributed by atoms with Crippen molar-refractivity contribution in [3.63, 3.8) is 0 Å². The van der Waals surface area contributed by atoms with Crippen LogP contribution in [0.4, 0.5) is 0 Å². The van der Waals surface area contributed by atoms with Gasteiger partial charge in [0.2, 0.25) is 11.8 Å². The molecule has 1 aromatic rings. The van der Waals surface area contributed by atoms with E-state index >= 15 is 0 Å². The molecule has 26 heavy (non-hydrogen) atoms. The number of ether oxygens (including phenoxy) is 1. The van der Waals surface area contributed by atoms with Crippen LogP contribution in [-0.2, 0) is 16.1 Å². The van der Waals surface area contributed by atoms with Gasteiger partial charge in [-0.05, 0) is 43.9 Å². The molecule has 2 amide bonds. The molecular weight excluding hydrogens is 328 g/mol. The smallest absolute Gasteiger partial charge is 0.242 e. The van der Waals surface area contributed by atoms with Gasteiger partial charge in [0.25, 0.3) is 0 Å². The predicted octanol–water partition coefficient (Wildman–Crippen LogP) is 3.66. The summed E-state index contributed by atoms with van der Waals surface area (Å²) in [4.78, 5) is 27.1. The molecule has 2 rings (SSSR count). The molecule has 1 aromatic carbocycles. The summed E-state index contributed by atoms with van der Waals surface area (Å²) < 4.78 is 5.27. The second-order valence-electron chi connectivity index (χ2n) is 7.14. The number of hydrogen-bond donors (Lipinski definition) is 1. The highest BCUT2D eigenvalue weighted by atomic mass is 16.5. The predicted molar refractivity (Wildman–Crippen MR) is 103 cm³/mol. The van der Waals surface area contributed by atoms with E-state index in [2.05, 4.69) is 5.32 Å². The number of methoxy groups -OCH3 is 1. The van der Waals surface area contributed by atoms with E-state index in [1.54, 1.807) is 12.0 Å². The average Bonchev–Trinajstić information content (AvgIpc) is 2.66. The molecular formula is C21H32N2O3. The maximum Gasteiger partial charge on any atom is 0.242 e. The molecule has 144 valence electrons. The van der Waals surface area contributed by atoms with Crippen LogP contribution in [0.5, 0.6) is 5.75 Å². The number of nitrogens with one attached hydrogen (secondary N) is 1.